The molecule has 10 rings (SSSR count). The Bertz CT molecular complexity index is 3650. The highest BCUT2D eigenvalue weighted by Gasteiger charge is 2.58. The van der Waals surface area contributed by atoms with E-state index < -0.39 is 47.3 Å². The maximum Gasteiger partial charge on any atom is 0.338 e. The Kier molecular flexibility index (Phi) is 20.2. The first-order chi connectivity index (χ1) is 42.9. The molecule has 0 aliphatic heterocycles. The van der Waals surface area contributed by atoms with Crippen molar-refractivity contribution in [1.29, 1.82) is 0 Å². The van der Waals surface area contributed by atoms with Crippen LogP contribution in [-0.2, 0) is 39.7 Å². The second kappa shape index (κ2) is 29.0. The maximum atomic E-state index is 15.5. The molecule has 88 heavy (non-hydrogen) atoms. The van der Waals surface area contributed by atoms with Crippen LogP contribution in [0.1, 0.15) is 94.3 Å². The zero-order valence-electron chi connectivity index (χ0n) is 49.0. The van der Waals surface area contributed by atoms with Crippen LogP contribution in [0.3, 0.4) is 0 Å². The highest BCUT2D eigenvalue weighted by Crippen LogP contribution is 2.47. The van der Waals surface area contributed by atoms with Crippen molar-refractivity contribution in [3.63, 3.8) is 0 Å². The molecular weight excluding hydrogens is 1100 g/mol. The van der Waals surface area contributed by atoms with Crippen LogP contribution >= 0.6 is 0 Å². The van der Waals surface area contributed by atoms with Crippen LogP contribution in [0.5, 0.6) is 11.5 Å². The van der Waals surface area contributed by atoms with E-state index >= 15 is 9.59 Å². The van der Waals surface area contributed by atoms with E-state index in [0.29, 0.717) is 50.8 Å². The summed E-state index contributed by atoms with van der Waals surface area (Å²) in [6.45, 7) is 8.28. The van der Waals surface area contributed by atoms with Crippen molar-refractivity contribution in [3.8, 4) is 11.5 Å². The van der Waals surface area contributed by atoms with Crippen LogP contribution < -0.4 is 9.47 Å². The summed E-state index contributed by atoms with van der Waals surface area (Å²) in [4.78, 5) is 53.9. The van der Waals surface area contributed by atoms with Gasteiger partial charge in [-0.15, -0.1) is 0 Å². The first-order valence-electron chi connectivity index (χ1n) is 29.8. The molecule has 12 nitrogen and oxygen atoms in total. The van der Waals surface area contributed by atoms with Gasteiger partial charge in [-0.05, 0) is 190 Å². The Balaban J connectivity index is 1.09. The predicted octanol–water partition coefficient (Wildman–Crippen LogP) is 15.3. The van der Waals surface area contributed by atoms with Crippen LogP contribution in [-0.4, -0.2) is 72.7 Å². The van der Waals surface area contributed by atoms with E-state index in [2.05, 4.69) is 13.2 Å². The maximum absolute atomic E-state index is 15.5. The van der Waals surface area contributed by atoms with Gasteiger partial charge in [0, 0.05) is 12.2 Å². The van der Waals surface area contributed by atoms with Gasteiger partial charge in [0.05, 0.1) is 37.6 Å². The molecule has 0 aliphatic carbocycles. The average Bonchev–Trinajstić information content (AvgIpc) is 0.778. The van der Waals surface area contributed by atoms with Gasteiger partial charge in [-0.1, -0.05) is 159 Å². The smallest absolute Gasteiger partial charge is 0.338 e. The second-order valence-electron chi connectivity index (χ2n) is 21.7. The summed E-state index contributed by atoms with van der Waals surface area (Å²) in [7, 11) is 0. The minimum Gasteiger partial charge on any atom is -0.494 e. The standard InChI is InChI=1S/C76H70O12/c1-3-69(77)85-47-19-7-5-17-45-83-67-41-33-57(34-42-67)73(79)87-71(75(81,63-37-29-53-21-9-13-25-59(53)49-63)64-38-30-54-22-10-14-26-60(54)50-64)72(88-74(80)58-35-43-68(44-36-58)84-46-18-6-8-20-48-86-70(78)4-2)76(82,65-39-31-55-23-11-15-27-61(55)51-65)66-40-32-56-24-12-16-28-62(56)52-66/h3-4,9-16,21-44,49-52,71-72,81-82H,1-2,5-8,17-20,45-48H2. The van der Waals surface area contributed by atoms with Gasteiger partial charge < -0.3 is 38.6 Å². The highest BCUT2D eigenvalue weighted by molar-refractivity contribution is 5.92. The van der Waals surface area contributed by atoms with Crippen molar-refractivity contribution in [1.82, 2.24) is 0 Å². The van der Waals surface area contributed by atoms with Crippen molar-refractivity contribution in [3.05, 3.63) is 277 Å². The predicted molar refractivity (Wildman–Crippen MR) is 343 cm³/mol. The molecule has 10 aromatic rings. The number of ether oxygens (including phenoxy) is 6. The molecule has 2 atom stereocenters. The number of aliphatic hydroxyl groups is 2. The van der Waals surface area contributed by atoms with Gasteiger partial charge in [0.1, 0.15) is 11.5 Å². The van der Waals surface area contributed by atoms with Crippen molar-refractivity contribution < 1.29 is 57.8 Å². The number of benzene rings is 10. The average molecular weight is 1180 g/mol. The first kappa shape index (κ1) is 61.2. The number of hydrogen-bond acceptors (Lipinski definition) is 12. The Labute approximate surface area is 512 Å². The molecule has 2 N–H and O–H groups in total. The number of hydrogen-bond donors (Lipinski definition) is 2. The number of carbonyl (C=O) groups excluding carboxylic acids is 4. The van der Waals surface area contributed by atoms with Crippen LogP contribution in [0.4, 0.5) is 0 Å². The van der Waals surface area contributed by atoms with E-state index in [-0.39, 0.29) is 33.4 Å². The fourth-order valence-electron chi connectivity index (χ4n) is 11.1. The molecule has 0 aromatic heterocycles. The topological polar surface area (TPSA) is 164 Å². The summed E-state index contributed by atoms with van der Waals surface area (Å²) < 4.78 is 36.3. The van der Waals surface area contributed by atoms with Crippen molar-refractivity contribution >= 4 is 67.0 Å². The minimum absolute atomic E-state index is 0.0837. The Morgan fingerprint density at radius 2 is 0.625 bits per heavy atom. The van der Waals surface area contributed by atoms with Crippen LogP contribution in [0.2, 0.25) is 0 Å². The van der Waals surface area contributed by atoms with E-state index in [4.69, 9.17) is 28.4 Å². The summed E-state index contributed by atoms with van der Waals surface area (Å²) in [5.74, 6) is -1.68. The summed E-state index contributed by atoms with van der Waals surface area (Å²) in [5, 5.41) is 36.0. The van der Waals surface area contributed by atoms with Gasteiger partial charge in [0.25, 0.3) is 0 Å². The molecule has 0 saturated heterocycles. The zero-order valence-corrected chi connectivity index (χ0v) is 49.0. The first-order valence-corrected chi connectivity index (χ1v) is 29.8. The Morgan fingerprint density at radius 3 is 0.909 bits per heavy atom. The molecule has 12 heteroatoms. The van der Waals surface area contributed by atoms with Crippen LogP contribution in [0, 0.1) is 0 Å². The van der Waals surface area contributed by atoms with E-state index in [1.807, 2.05) is 146 Å². The second-order valence-corrected chi connectivity index (χ2v) is 21.7. The number of carbonyl (C=O) groups is 4. The lowest BCUT2D eigenvalue weighted by molar-refractivity contribution is -0.171. The van der Waals surface area contributed by atoms with Gasteiger partial charge in [-0.3, -0.25) is 0 Å². The Hall–Kier alpha value is -9.88. The summed E-state index contributed by atoms with van der Waals surface area (Å²) in [6, 6.07) is 65.6. The lowest BCUT2D eigenvalue weighted by atomic mass is 9.71. The van der Waals surface area contributed by atoms with E-state index in [0.717, 1.165) is 93.8 Å². The summed E-state index contributed by atoms with van der Waals surface area (Å²) >= 11 is 0. The molecule has 2 unspecified atom stereocenters. The highest BCUT2D eigenvalue weighted by atomic mass is 16.6. The fourth-order valence-corrected chi connectivity index (χ4v) is 11.1. The summed E-state index contributed by atoms with van der Waals surface area (Å²) in [5.41, 5.74) is -3.59. The third-order valence-corrected chi connectivity index (χ3v) is 15.9. The largest absolute Gasteiger partial charge is 0.494 e. The molecule has 0 aliphatic rings. The minimum atomic E-state index is -2.43. The third kappa shape index (κ3) is 14.5. The molecule has 0 bridgehead atoms. The fraction of sp³-hybridized carbons (Fsp3) is 0.211. The number of unbranched alkanes of at least 4 members (excludes halogenated alkanes) is 6. The molecule has 0 spiro atoms. The SMILES string of the molecule is C=CC(=O)OCCCCCCOc1ccc(C(=O)OC(C(OC(=O)c2ccc(OCCCCCCOC(=O)C=C)cc2)C(O)(c2ccc3ccccc3c2)c2ccc3ccccc3c2)C(O)(c2ccc3ccccc3c2)c2ccc3ccccc3c2)cc1. The molecule has 0 fully saturated rings. The van der Waals surface area contributed by atoms with Gasteiger partial charge in [-0.2, -0.15) is 0 Å². The van der Waals surface area contributed by atoms with Crippen molar-refractivity contribution in [2.45, 2.75) is 74.8 Å². The molecule has 0 radical (unpaired) electrons. The molecule has 446 valence electrons. The number of fused-ring (bicyclic) bond motifs is 4. The zero-order chi connectivity index (χ0) is 61.3. The van der Waals surface area contributed by atoms with Gasteiger partial charge >= 0.3 is 23.9 Å². The van der Waals surface area contributed by atoms with Crippen molar-refractivity contribution in [2.24, 2.45) is 0 Å². The number of esters is 4. The Morgan fingerprint density at radius 1 is 0.352 bits per heavy atom. The lowest BCUT2D eigenvalue weighted by Crippen LogP contribution is -2.59. The quantitative estimate of drug-likeness (QED) is 0.0198. The van der Waals surface area contributed by atoms with Crippen molar-refractivity contribution in [2.75, 3.05) is 26.4 Å². The van der Waals surface area contributed by atoms with Gasteiger partial charge in [0.15, 0.2) is 23.4 Å². The van der Waals surface area contributed by atoms with Crippen LogP contribution in [0.25, 0.3) is 43.1 Å². The molecule has 0 saturated carbocycles. The van der Waals surface area contributed by atoms with E-state index in [1.165, 1.54) is 0 Å². The molecule has 10 aromatic carbocycles. The molecule has 0 heterocycles. The van der Waals surface area contributed by atoms with Gasteiger partial charge in [-0.25, -0.2) is 19.2 Å². The molecular formula is C76H70O12. The van der Waals surface area contributed by atoms with E-state index in [9.17, 15) is 19.8 Å². The molecule has 0 amide bonds. The van der Waals surface area contributed by atoms with Crippen LogP contribution in [0.15, 0.2) is 244 Å². The third-order valence-electron chi connectivity index (χ3n) is 15.9. The lowest BCUT2D eigenvalue weighted by Gasteiger charge is -2.46. The van der Waals surface area contributed by atoms with Gasteiger partial charge in [0.2, 0.25) is 0 Å². The normalized spacial score (nSPS) is 12.2. The summed E-state index contributed by atoms with van der Waals surface area (Å²) in [6.07, 6.45) is 4.59. The van der Waals surface area contributed by atoms with E-state index in [1.54, 1.807) is 72.8 Å². The number of rotatable bonds is 29. The monoisotopic (exact) mass is 1170 g/mol.